The van der Waals surface area contributed by atoms with Gasteiger partial charge in [0.25, 0.3) is 0 Å². The quantitative estimate of drug-likeness (QED) is 0.770. The summed E-state index contributed by atoms with van der Waals surface area (Å²) in [5.74, 6) is 2.62. The molecule has 0 radical (unpaired) electrons. The van der Waals surface area contributed by atoms with Gasteiger partial charge in [0.2, 0.25) is 5.95 Å². The second kappa shape index (κ2) is 8.50. The van der Waals surface area contributed by atoms with Crippen LogP contribution in [0.25, 0.3) is 0 Å². The molecule has 2 unspecified atom stereocenters. The maximum absolute atomic E-state index is 4.85. The van der Waals surface area contributed by atoms with Gasteiger partial charge in [-0.15, -0.1) is 0 Å². The lowest BCUT2D eigenvalue weighted by molar-refractivity contribution is 0.106. The van der Waals surface area contributed by atoms with E-state index in [2.05, 4.69) is 41.1 Å². The summed E-state index contributed by atoms with van der Waals surface area (Å²) in [4.78, 5) is 17.5. The van der Waals surface area contributed by atoms with Gasteiger partial charge in [-0.3, -0.25) is 0 Å². The van der Waals surface area contributed by atoms with Crippen molar-refractivity contribution in [1.82, 2.24) is 19.8 Å². The monoisotopic (exact) mass is 397 g/mol. The van der Waals surface area contributed by atoms with Gasteiger partial charge in [-0.25, -0.2) is 9.97 Å². The van der Waals surface area contributed by atoms with Gasteiger partial charge in [0.05, 0.1) is 0 Å². The molecule has 4 fully saturated rings. The van der Waals surface area contributed by atoms with E-state index < -0.39 is 0 Å². The zero-order valence-corrected chi connectivity index (χ0v) is 18.5. The van der Waals surface area contributed by atoms with Crippen molar-refractivity contribution in [2.45, 2.75) is 88.8 Å². The van der Waals surface area contributed by atoms with Gasteiger partial charge in [-0.2, -0.15) is 0 Å². The topological polar surface area (TPSA) is 35.5 Å². The van der Waals surface area contributed by atoms with Crippen molar-refractivity contribution in [2.75, 3.05) is 38.1 Å². The van der Waals surface area contributed by atoms with Crippen molar-refractivity contribution >= 4 is 5.95 Å². The Morgan fingerprint density at radius 3 is 2.00 bits per heavy atom. The summed E-state index contributed by atoms with van der Waals surface area (Å²) in [6.07, 6.45) is 16.5. The number of piperazine rings is 1. The second-order valence-corrected chi connectivity index (χ2v) is 10.2. The molecule has 3 aliphatic heterocycles. The SMILES string of the molecule is CCC1CCC(N2CCC(c3cnc(N4C5CCC4CN(C)C5)nc3)CC2)CC1. The Bertz CT molecular complexity index is 646. The third-order valence-electron chi connectivity index (χ3n) is 8.46. The Kier molecular flexibility index (Phi) is 5.79. The maximum Gasteiger partial charge on any atom is 0.225 e. The van der Waals surface area contributed by atoms with E-state index in [0.717, 1.165) is 31.0 Å². The molecule has 0 spiro atoms. The molecule has 4 heterocycles. The van der Waals surface area contributed by atoms with E-state index in [0.29, 0.717) is 18.0 Å². The van der Waals surface area contributed by atoms with Crippen LogP contribution in [0.3, 0.4) is 0 Å². The molecule has 1 saturated carbocycles. The summed E-state index contributed by atoms with van der Waals surface area (Å²) in [7, 11) is 2.24. The third-order valence-corrected chi connectivity index (χ3v) is 8.46. The zero-order valence-electron chi connectivity index (χ0n) is 18.5. The average molecular weight is 398 g/mol. The molecule has 4 aliphatic rings. The highest BCUT2D eigenvalue weighted by atomic mass is 15.4. The van der Waals surface area contributed by atoms with E-state index in [4.69, 9.17) is 9.97 Å². The highest BCUT2D eigenvalue weighted by Crippen LogP contribution is 2.35. The molecule has 2 bridgehead atoms. The molecule has 1 aromatic rings. The van der Waals surface area contributed by atoms with Gasteiger partial charge < -0.3 is 14.7 Å². The number of piperidine rings is 1. The summed E-state index contributed by atoms with van der Waals surface area (Å²) in [5, 5.41) is 0. The molecule has 2 atom stereocenters. The van der Waals surface area contributed by atoms with E-state index in [1.165, 1.54) is 76.4 Å². The number of rotatable bonds is 4. The molecule has 0 N–H and O–H groups in total. The first kappa shape index (κ1) is 19.7. The van der Waals surface area contributed by atoms with Crippen LogP contribution in [0.2, 0.25) is 0 Å². The van der Waals surface area contributed by atoms with Gasteiger partial charge in [0.15, 0.2) is 0 Å². The first-order valence-corrected chi connectivity index (χ1v) is 12.2. The lowest BCUT2D eigenvalue weighted by Gasteiger charge is -2.41. The second-order valence-electron chi connectivity index (χ2n) is 10.2. The standard InChI is InChI=1S/C24H39N5/c1-3-18-4-6-21(7-5-18)28-12-10-19(11-13-28)20-14-25-24(26-15-20)29-22-8-9-23(29)17-27(2)16-22/h14-15,18-19,21-23H,3-13,16-17H2,1-2H3. The van der Waals surface area contributed by atoms with Crippen LogP contribution >= 0.6 is 0 Å². The summed E-state index contributed by atoms with van der Waals surface area (Å²) in [5.41, 5.74) is 1.37. The number of nitrogens with zero attached hydrogens (tertiary/aromatic N) is 5. The van der Waals surface area contributed by atoms with Crippen LogP contribution < -0.4 is 4.90 Å². The van der Waals surface area contributed by atoms with Crippen molar-refractivity contribution in [3.8, 4) is 0 Å². The van der Waals surface area contributed by atoms with Crippen molar-refractivity contribution in [3.05, 3.63) is 18.0 Å². The van der Waals surface area contributed by atoms with Gasteiger partial charge in [0.1, 0.15) is 0 Å². The first-order chi connectivity index (χ1) is 14.2. The number of likely N-dealkylation sites (tertiary alicyclic amines) is 2. The van der Waals surface area contributed by atoms with E-state index in [1.54, 1.807) is 0 Å². The molecule has 1 aromatic heterocycles. The highest BCUT2D eigenvalue weighted by molar-refractivity contribution is 5.38. The zero-order chi connectivity index (χ0) is 19.8. The fourth-order valence-corrected chi connectivity index (χ4v) is 6.63. The molecular formula is C24H39N5. The largest absolute Gasteiger partial charge is 0.332 e. The lowest BCUT2D eigenvalue weighted by atomic mass is 9.82. The Labute approximate surface area is 176 Å². The number of hydrogen-bond acceptors (Lipinski definition) is 5. The number of likely N-dealkylation sites (N-methyl/N-ethyl adjacent to an activating group) is 1. The summed E-state index contributed by atoms with van der Waals surface area (Å²) >= 11 is 0. The molecule has 29 heavy (non-hydrogen) atoms. The Morgan fingerprint density at radius 1 is 0.828 bits per heavy atom. The Hall–Kier alpha value is -1.20. The van der Waals surface area contributed by atoms with Crippen LogP contribution in [0.15, 0.2) is 12.4 Å². The third kappa shape index (κ3) is 4.05. The highest BCUT2D eigenvalue weighted by Gasteiger charge is 2.40. The fourth-order valence-electron chi connectivity index (χ4n) is 6.63. The Balaban J connectivity index is 1.16. The van der Waals surface area contributed by atoms with Crippen molar-refractivity contribution in [3.63, 3.8) is 0 Å². The minimum atomic E-state index is 0.607. The molecular weight excluding hydrogens is 358 g/mol. The van der Waals surface area contributed by atoms with Gasteiger partial charge >= 0.3 is 0 Å². The van der Waals surface area contributed by atoms with Crippen LogP contribution in [-0.2, 0) is 0 Å². The number of aromatic nitrogens is 2. The number of anilines is 1. The molecule has 5 rings (SSSR count). The molecule has 5 nitrogen and oxygen atoms in total. The first-order valence-electron chi connectivity index (χ1n) is 12.2. The van der Waals surface area contributed by atoms with Crippen LogP contribution in [0, 0.1) is 5.92 Å². The minimum absolute atomic E-state index is 0.607. The molecule has 160 valence electrons. The Morgan fingerprint density at radius 2 is 1.41 bits per heavy atom. The summed E-state index contributed by atoms with van der Waals surface area (Å²) < 4.78 is 0. The predicted octanol–water partition coefficient (Wildman–Crippen LogP) is 3.91. The van der Waals surface area contributed by atoms with E-state index in [1.807, 2.05) is 0 Å². The van der Waals surface area contributed by atoms with E-state index in [9.17, 15) is 0 Å². The van der Waals surface area contributed by atoms with Crippen molar-refractivity contribution in [1.29, 1.82) is 0 Å². The average Bonchev–Trinajstić information content (AvgIpc) is 3.05. The van der Waals surface area contributed by atoms with Crippen LogP contribution in [0.1, 0.15) is 76.2 Å². The number of hydrogen-bond donors (Lipinski definition) is 0. The molecule has 5 heteroatoms. The maximum atomic E-state index is 4.85. The van der Waals surface area contributed by atoms with Gasteiger partial charge in [0, 0.05) is 43.6 Å². The van der Waals surface area contributed by atoms with Gasteiger partial charge in [-0.05, 0) is 88.9 Å². The van der Waals surface area contributed by atoms with Gasteiger partial charge in [-0.1, -0.05) is 13.3 Å². The minimum Gasteiger partial charge on any atom is -0.332 e. The molecule has 3 saturated heterocycles. The fraction of sp³-hybridized carbons (Fsp3) is 0.833. The molecule has 0 amide bonds. The van der Waals surface area contributed by atoms with Crippen LogP contribution in [0.4, 0.5) is 5.95 Å². The van der Waals surface area contributed by atoms with E-state index >= 15 is 0 Å². The predicted molar refractivity (Wildman–Crippen MR) is 118 cm³/mol. The lowest BCUT2D eigenvalue weighted by Crippen LogP contribution is -2.53. The molecule has 1 aliphatic carbocycles. The van der Waals surface area contributed by atoms with Crippen LogP contribution in [-0.4, -0.2) is 71.1 Å². The van der Waals surface area contributed by atoms with Crippen LogP contribution in [0.5, 0.6) is 0 Å². The number of fused-ring (bicyclic) bond motifs is 2. The van der Waals surface area contributed by atoms with E-state index in [-0.39, 0.29) is 0 Å². The smallest absolute Gasteiger partial charge is 0.225 e. The molecule has 0 aromatic carbocycles. The van der Waals surface area contributed by atoms with Crippen molar-refractivity contribution < 1.29 is 0 Å². The summed E-state index contributed by atoms with van der Waals surface area (Å²) in [6.45, 7) is 7.19. The van der Waals surface area contributed by atoms with Crippen molar-refractivity contribution in [2.24, 2.45) is 5.92 Å². The normalized spacial score (nSPS) is 34.6. The summed E-state index contributed by atoms with van der Waals surface area (Å²) in [6, 6.07) is 2.07.